The van der Waals surface area contributed by atoms with Crippen LogP contribution in [0.15, 0.2) is 253 Å². The van der Waals surface area contributed by atoms with Gasteiger partial charge in [0.05, 0.1) is 27.8 Å². The number of β-amino-alcohol motifs (C(OH)–C–C–N with tert-alkyl or cyclic N) is 4. The molecule has 5 aliphatic rings. The summed E-state index contributed by atoms with van der Waals surface area (Å²) in [6.07, 6.45) is 16.3. The van der Waals surface area contributed by atoms with Crippen LogP contribution in [0.25, 0.3) is 129 Å². The number of aromatic nitrogens is 10. The molecule has 32 heteroatoms. The van der Waals surface area contributed by atoms with Crippen molar-refractivity contribution in [1.29, 1.82) is 0 Å². The van der Waals surface area contributed by atoms with Crippen molar-refractivity contribution < 1.29 is 83.9 Å². The minimum absolute atomic E-state index is 0.203. The van der Waals surface area contributed by atoms with Gasteiger partial charge in [-0.1, -0.05) is 78.9 Å². The molecule has 0 saturated carbocycles. The van der Waals surface area contributed by atoms with Crippen LogP contribution in [0, 0.1) is 27.7 Å². The average Bonchev–Trinajstić information content (AvgIpc) is 1.61. The molecule has 0 aliphatic carbocycles. The molecule has 142 heavy (non-hydrogen) atoms. The van der Waals surface area contributed by atoms with Gasteiger partial charge in [-0.25, -0.2) is 0 Å². The van der Waals surface area contributed by atoms with Crippen molar-refractivity contribution in [2.75, 3.05) is 112 Å². The maximum atomic E-state index is 10.7. The summed E-state index contributed by atoms with van der Waals surface area (Å²) < 4.78 is 82.8. The molecule has 5 N–H and O–H groups in total. The molecule has 5 aliphatic heterocycles. The fourth-order valence-corrected chi connectivity index (χ4v) is 20.0. The molecule has 4 saturated heterocycles. The molecule has 0 amide bonds. The van der Waals surface area contributed by atoms with Gasteiger partial charge in [0.25, 0.3) is 23.6 Å². The molecule has 732 valence electrons. The normalized spacial score (nSPS) is 16.5. The van der Waals surface area contributed by atoms with Gasteiger partial charge >= 0.3 is 0 Å². The number of ether oxygens (including phenoxy) is 5. The molecular weight excluding hydrogens is 1810 g/mol. The van der Waals surface area contributed by atoms with Gasteiger partial charge in [-0.2, -0.15) is 0 Å². The van der Waals surface area contributed by atoms with E-state index in [4.69, 9.17) is 63.4 Å². The van der Waals surface area contributed by atoms with Crippen LogP contribution in [0.2, 0.25) is 0 Å². The van der Waals surface area contributed by atoms with Crippen molar-refractivity contribution in [3.8, 4) is 75.4 Å². The highest BCUT2D eigenvalue weighted by Gasteiger charge is 2.31. The zero-order valence-corrected chi connectivity index (χ0v) is 79.9. The summed E-state index contributed by atoms with van der Waals surface area (Å²) >= 11 is 0. The zero-order chi connectivity index (χ0) is 96.7. The maximum absolute atomic E-state index is 10.7. The number of aromatic amines is 1. The molecule has 0 bridgehead atoms. The van der Waals surface area contributed by atoms with Gasteiger partial charge < -0.3 is 113 Å². The second kappa shape index (κ2) is 42.5. The topological polar surface area (TPSA) is 382 Å². The molecule has 0 radical (unpaired) electrons. The Morgan fingerprint density at radius 2 is 0.718 bits per heavy atom. The van der Waals surface area contributed by atoms with Gasteiger partial charge in [0.2, 0.25) is 23.6 Å². The molecule has 11 aromatic heterocycles. The Hall–Kier alpha value is -14.5. The number of likely N-dealkylation sites (tertiary alicyclic amines) is 4. The molecular formula is C110H114N14O18. The van der Waals surface area contributed by atoms with E-state index in [2.05, 4.69) is 174 Å². The summed E-state index contributed by atoms with van der Waals surface area (Å²) in [5.41, 5.74) is 12.7. The molecule has 32 nitrogen and oxygen atoms in total. The van der Waals surface area contributed by atoms with E-state index in [1.54, 1.807) is 34.0 Å². The molecule has 19 aromatic rings. The lowest BCUT2D eigenvalue weighted by molar-refractivity contribution is 0.0598. The first-order chi connectivity index (χ1) is 69.4. The lowest BCUT2D eigenvalue weighted by atomic mass is 9.88. The second-order valence-corrected chi connectivity index (χ2v) is 37.6. The van der Waals surface area contributed by atoms with E-state index in [1.165, 1.54) is 44.1 Å². The summed E-state index contributed by atoms with van der Waals surface area (Å²) in [7, 11) is 2.10. The van der Waals surface area contributed by atoms with E-state index in [1.807, 2.05) is 115 Å². The standard InChI is InChI=1S/C28H30N4O4.C28H29N3O5.C27H28N4O4.C27H27N3O5/c1-18-29-30-28(35-18)27-15-23-25(4-3-5-26(23)36-27)34-17-22(33)16-32-12-9-19(10-13-32)21-7-6-20-8-11-31(2)24(20)14-21;1-18-29-30-28(35-18)27-15-23-24(5-2-6-25(23)36-27)34-17-22(32)16-31-11-9-19(10-12-31)21-8-7-20-4-3-13-33-26(20)14-21;1-17-29-30-27(34-17)26-14-22-24(3-2-4-25(22)35-26)33-16-21(32)15-31-11-8-18(9-12-31)20-6-5-19-7-10-28-23(19)13-20;1-17-28-29-27(34-17)26-14-22-23(3-2-4-24(22)35-26)33-16-21(31)15-30-10-7-18(8-11-30)20-6-5-19-9-12-32-25(19)13-20/h3-8,11,14-15,19,22,33H,9-10,12-13,16-17H2,1-2H3;2-8,14-15,19,22,32H,9-13,16-17H2,1H3;2-7,10,13-14,18,21,28,32H,8-9,11-12,15-16H2,1H3;2-6,9,12-14,18,21,31H,7-8,10-11,15-16H2,1H3/t2*22-;2*21-/m0000/s1. The highest BCUT2D eigenvalue weighted by molar-refractivity contribution is 5.91. The predicted molar refractivity (Wildman–Crippen MR) is 535 cm³/mol. The van der Waals surface area contributed by atoms with Crippen molar-refractivity contribution in [3.05, 3.63) is 264 Å². The number of furan rings is 5. The fraction of sp³-hybridized carbons (Fsp3) is 0.345. The molecule has 24 rings (SSSR count). The number of benzene rings is 8. The van der Waals surface area contributed by atoms with Crippen LogP contribution in [0.4, 0.5) is 0 Å². The number of fused-ring (bicyclic) bond motifs is 8. The molecule has 0 spiro atoms. The number of rotatable bonds is 28. The first-order valence-electron chi connectivity index (χ1n) is 48.9. The van der Waals surface area contributed by atoms with E-state index in [0.717, 1.165) is 148 Å². The number of H-pyrrole nitrogens is 1. The largest absolute Gasteiger partial charge is 0.490 e. The lowest BCUT2D eigenvalue weighted by Crippen LogP contribution is -2.40. The number of aliphatic hydroxyl groups excluding tert-OH is 4. The van der Waals surface area contributed by atoms with Gasteiger partial charge in [-0.3, -0.25) is 0 Å². The smallest absolute Gasteiger partial charge is 0.283 e. The van der Waals surface area contributed by atoms with Gasteiger partial charge in [0.1, 0.15) is 114 Å². The van der Waals surface area contributed by atoms with Crippen LogP contribution in [0.5, 0.6) is 28.7 Å². The van der Waals surface area contributed by atoms with Gasteiger partial charge in [0, 0.05) is 120 Å². The Morgan fingerprint density at radius 3 is 1.11 bits per heavy atom. The SMILES string of the molecule is Cc1nnc(-c2cc3c(OC[C@@H](O)CN4CCC(c5ccc6c(c5)OCC=C6)CC4)cccc3o2)o1.Cc1nnc(-c2cc3c(OC[C@@H](O)CN4CCC(c5ccc6cc[nH]c6c5)CC4)cccc3o2)o1.Cc1nnc(-c2cc3c(OC[C@@H](O)CN4CCC(c5ccc6ccn(C)c6c5)CC4)cccc3o2)o1.Cc1nnc(-c2cc3c(OC[C@@H](O)CN4CCC(c5ccc6ccoc6c5)CC4)cccc3o2)o1. The van der Waals surface area contributed by atoms with Crippen LogP contribution in [-0.2, 0) is 7.05 Å². The number of nitrogens with zero attached hydrogens (tertiary/aromatic N) is 13. The van der Waals surface area contributed by atoms with E-state index < -0.39 is 24.4 Å². The first kappa shape index (κ1) is 93.8. The minimum Gasteiger partial charge on any atom is -0.490 e. The number of nitrogens with one attached hydrogen (secondary N) is 1. The highest BCUT2D eigenvalue weighted by atomic mass is 16.5. The average molecular weight is 1920 g/mol. The van der Waals surface area contributed by atoms with Crippen LogP contribution < -0.4 is 23.7 Å². The zero-order valence-electron chi connectivity index (χ0n) is 79.9. The molecule has 4 fully saturated rings. The summed E-state index contributed by atoms with van der Waals surface area (Å²) in [6, 6.07) is 62.6. The Labute approximate surface area is 817 Å². The quantitative estimate of drug-likeness (QED) is 0.0304. The summed E-state index contributed by atoms with van der Waals surface area (Å²) in [5.74, 6) is 11.0. The number of aryl methyl sites for hydroxylation is 5. The number of aliphatic hydroxyl groups is 4. The third-order valence-electron chi connectivity index (χ3n) is 27.5. The van der Waals surface area contributed by atoms with E-state index in [9.17, 15) is 20.4 Å². The lowest BCUT2D eigenvalue weighted by Gasteiger charge is -2.33. The van der Waals surface area contributed by atoms with Crippen LogP contribution in [0.3, 0.4) is 0 Å². The third kappa shape index (κ3) is 22.0. The van der Waals surface area contributed by atoms with Crippen LogP contribution in [-0.4, -0.2) is 226 Å². The third-order valence-corrected chi connectivity index (χ3v) is 27.5. The van der Waals surface area contributed by atoms with E-state index in [0.29, 0.717) is 172 Å². The number of piperidine rings is 4. The molecule has 16 heterocycles. The summed E-state index contributed by atoms with van der Waals surface area (Å²) in [6.45, 7) is 18.4. The van der Waals surface area contributed by atoms with E-state index in [-0.39, 0.29) is 26.4 Å². The molecule has 8 aromatic carbocycles. The number of hydrogen-bond acceptors (Lipinski definition) is 30. The van der Waals surface area contributed by atoms with Crippen molar-refractivity contribution in [1.82, 2.24) is 69.9 Å². The predicted octanol–water partition coefficient (Wildman–Crippen LogP) is 19.8. The summed E-state index contributed by atoms with van der Waals surface area (Å²) in [5, 5.41) is 81.1. The Balaban J connectivity index is 0.000000112. The summed E-state index contributed by atoms with van der Waals surface area (Å²) in [4.78, 5) is 12.6. The molecule has 4 atom stereocenters. The van der Waals surface area contributed by atoms with Crippen molar-refractivity contribution in [2.45, 2.75) is 127 Å². The van der Waals surface area contributed by atoms with Gasteiger partial charge in [-0.05, 0) is 257 Å². The fourth-order valence-electron chi connectivity index (χ4n) is 20.0. The number of hydrogen-bond donors (Lipinski definition) is 5. The first-order valence-corrected chi connectivity index (χ1v) is 48.9. The Bertz CT molecular complexity index is 7300. The van der Waals surface area contributed by atoms with Crippen molar-refractivity contribution >= 4 is 82.7 Å². The maximum Gasteiger partial charge on any atom is 0.283 e. The van der Waals surface area contributed by atoms with Crippen LogP contribution in [0.1, 0.15) is 126 Å². The Morgan fingerprint density at radius 1 is 0.359 bits per heavy atom. The second-order valence-electron chi connectivity index (χ2n) is 37.6. The van der Waals surface area contributed by atoms with Crippen molar-refractivity contribution in [3.63, 3.8) is 0 Å². The highest BCUT2D eigenvalue weighted by Crippen LogP contribution is 2.42. The Kier molecular flexibility index (Phi) is 28.1. The van der Waals surface area contributed by atoms with Crippen molar-refractivity contribution in [2.24, 2.45) is 7.05 Å². The minimum atomic E-state index is -0.592. The van der Waals surface area contributed by atoms with E-state index >= 15 is 0 Å². The monoisotopic (exact) mass is 1920 g/mol. The van der Waals surface area contributed by atoms with Crippen LogP contribution >= 0.6 is 0 Å². The van der Waals surface area contributed by atoms with Gasteiger partial charge in [-0.15, -0.1) is 40.8 Å². The van der Waals surface area contributed by atoms with Gasteiger partial charge in [0.15, 0.2) is 23.0 Å². The molecule has 0 unspecified atom stereocenters.